The van der Waals surface area contributed by atoms with Crippen molar-refractivity contribution in [2.45, 2.75) is 27.3 Å². The first-order valence-corrected chi connectivity index (χ1v) is 7.10. The highest BCUT2D eigenvalue weighted by Gasteiger charge is 2.04. The van der Waals surface area contributed by atoms with E-state index in [0.29, 0.717) is 18.7 Å². The smallest absolute Gasteiger partial charge is 0.251 e. The number of hydrogen-bond donors (Lipinski definition) is 3. The zero-order chi connectivity index (χ0) is 14.8. The molecule has 0 bridgehead atoms. The Balaban J connectivity index is 0.00000400. The number of nitrogens with one attached hydrogen (secondary N) is 3. The molecule has 0 aliphatic rings. The van der Waals surface area contributed by atoms with Crippen molar-refractivity contribution >= 4 is 35.8 Å². The Morgan fingerprint density at radius 2 is 1.67 bits per heavy atom. The van der Waals surface area contributed by atoms with Crippen molar-refractivity contribution in [1.82, 2.24) is 16.0 Å². The predicted molar refractivity (Wildman–Crippen MR) is 98.4 cm³/mol. The van der Waals surface area contributed by atoms with Crippen LogP contribution in [0, 0.1) is 0 Å². The van der Waals surface area contributed by atoms with Gasteiger partial charge in [-0.2, -0.15) is 0 Å². The van der Waals surface area contributed by atoms with E-state index in [1.807, 2.05) is 45.0 Å². The number of nitrogens with zero attached hydrogens (tertiary/aromatic N) is 1. The first-order chi connectivity index (χ1) is 9.71. The molecule has 0 saturated carbocycles. The SMILES string of the molecule is CCNC(=O)c1cccc(CN=C(NCC)NCC)c1.I. The number of aliphatic imine (C=N–C) groups is 1. The van der Waals surface area contributed by atoms with Crippen molar-refractivity contribution in [3.8, 4) is 0 Å². The van der Waals surface area contributed by atoms with E-state index in [0.717, 1.165) is 24.6 Å². The molecule has 0 atom stereocenters. The molecule has 1 aromatic rings. The van der Waals surface area contributed by atoms with Crippen molar-refractivity contribution < 1.29 is 4.79 Å². The lowest BCUT2D eigenvalue weighted by atomic mass is 10.1. The highest BCUT2D eigenvalue weighted by atomic mass is 127. The zero-order valence-corrected chi connectivity index (χ0v) is 15.2. The maximum absolute atomic E-state index is 11.8. The third-order valence-corrected chi connectivity index (χ3v) is 2.63. The van der Waals surface area contributed by atoms with Crippen LogP contribution in [-0.4, -0.2) is 31.5 Å². The average Bonchev–Trinajstić information content (AvgIpc) is 2.46. The second-order valence-electron chi connectivity index (χ2n) is 4.29. The lowest BCUT2D eigenvalue weighted by Gasteiger charge is -2.09. The van der Waals surface area contributed by atoms with Crippen LogP contribution in [0.3, 0.4) is 0 Å². The Kier molecular flexibility index (Phi) is 10.7. The first kappa shape index (κ1) is 19.7. The van der Waals surface area contributed by atoms with Crippen LogP contribution in [0.2, 0.25) is 0 Å². The lowest BCUT2D eigenvalue weighted by molar-refractivity contribution is 0.0955. The normalized spacial score (nSPS) is 9.29. The molecule has 1 aromatic carbocycles. The van der Waals surface area contributed by atoms with E-state index in [4.69, 9.17) is 0 Å². The second-order valence-corrected chi connectivity index (χ2v) is 4.29. The van der Waals surface area contributed by atoms with E-state index in [9.17, 15) is 4.79 Å². The standard InChI is InChI=1S/C15H24N4O.HI/c1-4-16-14(20)13-9-7-8-12(10-13)11-19-15(17-5-2)18-6-3;/h7-10H,4-6,11H2,1-3H3,(H,16,20)(H2,17,18,19);1H. The third kappa shape index (κ3) is 7.31. The van der Waals surface area contributed by atoms with Crippen LogP contribution < -0.4 is 16.0 Å². The number of carbonyl (C=O) groups is 1. The van der Waals surface area contributed by atoms with Crippen LogP contribution in [-0.2, 0) is 6.54 Å². The maximum Gasteiger partial charge on any atom is 0.251 e. The van der Waals surface area contributed by atoms with Gasteiger partial charge in [0.25, 0.3) is 5.91 Å². The van der Waals surface area contributed by atoms with Gasteiger partial charge in [0.1, 0.15) is 0 Å². The summed E-state index contributed by atoms with van der Waals surface area (Å²) in [7, 11) is 0. The topological polar surface area (TPSA) is 65.5 Å². The largest absolute Gasteiger partial charge is 0.357 e. The van der Waals surface area contributed by atoms with E-state index in [1.165, 1.54) is 0 Å². The fourth-order valence-electron chi connectivity index (χ4n) is 1.75. The van der Waals surface area contributed by atoms with Crippen molar-refractivity contribution in [2.75, 3.05) is 19.6 Å². The Bertz CT molecular complexity index is 455. The van der Waals surface area contributed by atoms with Crippen LogP contribution in [0.4, 0.5) is 0 Å². The molecule has 5 nitrogen and oxygen atoms in total. The Morgan fingerprint density at radius 3 is 2.24 bits per heavy atom. The molecule has 0 aliphatic carbocycles. The number of benzene rings is 1. The molecule has 0 fully saturated rings. The van der Waals surface area contributed by atoms with Crippen LogP contribution in [0.25, 0.3) is 0 Å². The number of hydrogen-bond acceptors (Lipinski definition) is 2. The van der Waals surface area contributed by atoms with E-state index in [2.05, 4.69) is 20.9 Å². The number of amides is 1. The molecule has 21 heavy (non-hydrogen) atoms. The summed E-state index contributed by atoms with van der Waals surface area (Å²) in [6, 6.07) is 7.55. The van der Waals surface area contributed by atoms with Crippen molar-refractivity contribution in [3.63, 3.8) is 0 Å². The Hall–Kier alpha value is -1.31. The number of rotatable bonds is 6. The Morgan fingerprint density at radius 1 is 1.05 bits per heavy atom. The summed E-state index contributed by atoms with van der Waals surface area (Å²) >= 11 is 0. The molecule has 1 rings (SSSR count). The number of halogens is 1. The monoisotopic (exact) mass is 404 g/mol. The van der Waals surface area contributed by atoms with Gasteiger partial charge in [0.05, 0.1) is 6.54 Å². The van der Waals surface area contributed by atoms with Crippen LogP contribution in [0.5, 0.6) is 0 Å². The molecule has 3 N–H and O–H groups in total. The van der Waals surface area contributed by atoms with Crippen molar-refractivity contribution in [2.24, 2.45) is 4.99 Å². The van der Waals surface area contributed by atoms with E-state index in [1.54, 1.807) is 0 Å². The van der Waals surface area contributed by atoms with E-state index < -0.39 is 0 Å². The van der Waals surface area contributed by atoms with E-state index in [-0.39, 0.29) is 29.9 Å². The van der Waals surface area contributed by atoms with Gasteiger partial charge in [0.2, 0.25) is 0 Å². The van der Waals surface area contributed by atoms with Crippen molar-refractivity contribution in [1.29, 1.82) is 0 Å². The fourth-order valence-corrected chi connectivity index (χ4v) is 1.75. The van der Waals surface area contributed by atoms with Gasteiger partial charge in [-0.1, -0.05) is 12.1 Å². The molecule has 0 aromatic heterocycles. The molecular formula is C15H25IN4O. The fraction of sp³-hybridized carbons (Fsp3) is 0.467. The third-order valence-electron chi connectivity index (χ3n) is 2.63. The molecule has 0 unspecified atom stereocenters. The van der Waals surface area contributed by atoms with Gasteiger partial charge >= 0.3 is 0 Å². The summed E-state index contributed by atoms with van der Waals surface area (Å²) in [5.41, 5.74) is 1.69. The lowest BCUT2D eigenvalue weighted by Crippen LogP contribution is -2.36. The zero-order valence-electron chi connectivity index (χ0n) is 12.9. The number of carbonyl (C=O) groups excluding carboxylic acids is 1. The highest BCUT2D eigenvalue weighted by molar-refractivity contribution is 14.0. The molecule has 6 heteroatoms. The summed E-state index contributed by atoms with van der Waals surface area (Å²) in [5, 5.41) is 9.14. The first-order valence-electron chi connectivity index (χ1n) is 7.10. The molecular weight excluding hydrogens is 379 g/mol. The van der Waals surface area contributed by atoms with E-state index >= 15 is 0 Å². The molecule has 118 valence electrons. The Labute approximate surface area is 144 Å². The van der Waals surface area contributed by atoms with Gasteiger partial charge in [-0.3, -0.25) is 4.79 Å². The minimum absolute atomic E-state index is 0. The van der Waals surface area contributed by atoms with Gasteiger partial charge in [-0.05, 0) is 38.5 Å². The summed E-state index contributed by atoms with van der Waals surface area (Å²) in [4.78, 5) is 16.3. The molecule has 0 heterocycles. The molecule has 0 aliphatic heterocycles. The minimum atomic E-state index is -0.0445. The van der Waals surface area contributed by atoms with Gasteiger partial charge in [-0.15, -0.1) is 24.0 Å². The second kappa shape index (κ2) is 11.4. The molecule has 0 spiro atoms. The summed E-state index contributed by atoms with van der Waals surface area (Å²) in [6.45, 7) is 8.79. The summed E-state index contributed by atoms with van der Waals surface area (Å²) in [5.74, 6) is 0.746. The van der Waals surface area contributed by atoms with Crippen LogP contribution >= 0.6 is 24.0 Å². The van der Waals surface area contributed by atoms with Gasteiger partial charge in [0.15, 0.2) is 5.96 Å². The highest BCUT2D eigenvalue weighted by Crippen LogP contribution is 2.06. The average molecular weight is 404 g/mol. The molecule has 1 amide bonds. The summed E-state index contributed by atoms with van der Waals surface area (Å²) < 4.78 is 0. The minimum Gasteiger partial charge on any atom is -0.357 e. The molecule has 0 saturated heterocycles. The van der Waals surface area contributed by atoms with Gasteiger partial charge in [0, 0.05) is 25.2 Å². The molecule has 0 radical (unpaired) electrons. The number of guanidine groups is 1. The summed E-state index contributed by atoms with van der Waals surface area (Å²) in [6.07, 6.45) is 0. The predicted octanol–water partition coefficient (Wildman–Crippen LogP) is 2.13. The van der Waals surface area contributed by atoms with Crippen LogP contribution in [0.1, 0.15) is 36.7 Å². The van der Waals surface area contributed by atoms with Gasteiger partial charge < -0.3 is 16.0 Å². The van der Waals surface area contributed by atoms with Crippen LogP contribution in [0.15, 0.2) is 29.3 Å². The maximum atomic E-state index is 11.8. The van der Waals surface area contributed by atoms with Gasteiger partial charge in [-0.25, -0.2) is 4.99 Å². The quantitative estimate of drug-likeness (QED) is 0.387. The van der Waals surface area contributed by atoms with Crippen molar-refractivity contribution in [3.05, 3.63) is 35.4 Å².